The van der Waals surface area contributed by atoms with Crippen LogP contribution in [0.4, 0.5) is 4.79 Å². The summed E-state index contributed by atoms with van der Waals surface area (Å²) in [4.78, 5) is 22.5. The van der Waals surface area contributed by atoms with Crippen LogP contribution < -0.4 is 4.72 Å². The number of carbonyl (C=O) groups excluding carboxylic acids is 1. The molecule has 0 saturated carbocycles. The second-order valence-electron chi connectivity index (χ2n) is 9.76. The van der Waals surface area contributed by atoms with Crippen LogP contribution in [0.15, 0.2) is 40.6 Å². The molecule has 3 aromatic heterocycles. The van der Waals surface area contributed by atoms with Crippen molar-refractivity contribution in [1.82, 2.24) is 19.3 Å². The number of imidazole rings is 1. The first-order valence-electron chi connectivity index (χ1n) is 12.8. The summed E-state index contributed by atoms with van der Waals surface area (Å²) in [6, 6.07) is 11.8. The van der Waals surface area contributed by atoms with Crippen LogP contribution in [-0.4, -0.2) is 35.7 Å². The molecule has 0 bridgehead atoms. The van der Waals surface area contributed by atoms with Crippen molar-refractivity contribution in [2.24, 2.45) is 5.92 Å². The second kappa shape index (κ2) is 11.2. The quantitative estimate of drug-likeness (QED) is 0.271. The average molecular weight is 555 g/mol. The van der Waals surface area contributed by atoms with E-state index in [0.29, 0.717) is 18.0 Å². The van der Waals surface area contributed by atoms with Crippen LogP contribution >= 0.6 is 11.3 Å². The Balaban J connectivity index is 1.70. The molecule has 38 heavy (non-hydrogen) atoms. The molecule has 0 fully saturated rings. The number of aryl methyl sites for hydroxylation is 3. The zero-order valence-electron chi connectivity index (χ0n) is 22.7. The fraction of sp³-hybridized carbons (Fsp3) is 0.393. The van der Waals surface area contributed by atoms with E-state index in [0.717, 1.165) is 57.1 Å². The zero-order chi connectivity index (χ0) is 27.6. The van der Waals surface area contributed by atoms with Crippen LogP contribution in [0.1, 0.15) is 55.2 Å². The first-order valence-corrected chi connectivity index (χ1v) is 15.1. The smallest absolute Gasteiger partial charge is 0.421 e. The van der Waals surface area contributed by atoms with Gasteiger partial charge in [-0.15, -0.1) is 11.3 Å². The fourth-order valence-corrected chi connectivity index (χ4v) is 7.34. The third-order valence-corrected chi connectivity index (χ3v) is 9.12. The van der Waals surface area contributed by atoms with E-state index in [-0.39, 0.29) is 10.8 Å². The Morgan fingerprint density at radius 1 is 1.11 bits per heavy atom. The predicted molar refractivity (Wildman–Crippen MR) is 151 cm³/mol. The van der Waals surface area contributed by atoms with E-state index >= 15 is 0 Å². The van der Waals surface area contributed by atoms with Gasteiger partial charge in [-0.1, -0.05) is 45.0 Å². The Kier molecular flexibility index (Phi) is 8.22. The molecular weight excluding hydrogens is 520 g/mol. The highest BCUT2D eigenvalue weighted by Crippen LogP contribution is 2.36. The lowest BCUT2D eigenvalue weighted by molar-refractivity contribution is 0.158. The van der Waals surface area contributed by atoms with Gasteiger partial charge in [0.1, 0.15) is 15.6 Å². The molecule has 1 aromatic carbocycles. The number of sulfonamides is 1. The molecule has 1 amide bonds. The van der Waals surface area contributed by atoms with Gasteiger partial charge in [0.2, 0.25) is 0 Å². The fourth-order valence-electron chi connectivity index (χ4n) is 4.50. The van der Waals surface area contributed by atoms with Crippen molar-refractivity contribution >= 4 is 38.6 Å². The molecule has 0 saturated heterocycles. The van der Waals surface area contributed by atoms with E-state index in [1.54, 1.807) is 6.92 Å². The number of benzene rings is 1. The Bertz CT molecular complexity index is 1570. The van der Waals surface area contributed by atoms with Crippen molar-refractivity contribution in [3.05, 3.63) is 63.9 Å². The summed E-state index contributed by atoms with van der Waals surface area (Å²) in [6.45, 7) is 12.6. The van der Waals surface area contributed by atoms with Crippen LogP contribution in [0, 0.1) is 19.8 Å². The Morgan fingerprint density at radius 2 is 1.82 bits per heavy atom. The maximum atomic E-state index is 13.1. The number of thiophene rings is 1. The molecule has 0 aliphatic carbocycles. The van der Waals surface area contributed by atoms with Gasteiger partial charge in [-0.25, -0.2) is 27.9 Å². The van der Waals surface area contributed by atoms with Crippen molar-refractivity contribution in [1.29, 1.82) is 0 Å². The molecule has 4 aromatic rings. The summed E-state index contributed by atoms with van der Waals surface area (Å²) in [5.74, 6) is 1.33. The number of nitrogens with zero attached hydrogens (tertiary/aromatic N) is 3. The van der Waals surface area contributed by atoms with Crippen molar-refractivity contribution in [2.75, 3.05) is 6.61 Å². The lowest BCUT2D eigenvalue weighted by Gasteiger charge is -2.10. The Hall–Kier alpha value is -3.24. The number of nitrogens with one attached hydrogen (secondary N) is 1. The van der Waals surface area contributed by atoms with Crippen molar-refractivity contribution in [3.63, 3.8) is 0 Å². The Labute approximate surface area is 228 Å². The van der Waals surface area contributed by atoms with Crippen molar-refractivity contribution < 1.29 is 17.9 Å². The largest absolute Gasteiger partial charge is 0.449 e. The number of aromatic nitrogens is 3. The molecule has 202 valence electrons. The number of amides is 1. The molecule has 0 unspecified atom stereocenters. The van der Waals surface area contributed by atoms with Gasteiger partial charge >= 0.3 is 6.09 Å². The molecular formula is C28H34N4O4S2. The van der Waals surface area contributed by atoms with E-state index in [1.807, 2.05) is 48.0 Å². The number of hydrogen-bond donors (Lipinski definition) is 1. The molecule has 0 atom stereocenters. The van der Waals surface area contributed by atoms with E-state index in [1.165, 1.54) is 11.3 Å². The number of hydrogen-bond acceptors (Lipinski definition) is 7. The molecule has 3 heterocycles. The normalized spacial score (nSPS) is 11.9. The number of carbonyl (C=O) groups is 1. The summed E-state index contributed by atoms with van der Waals surface area (Å²) in [5.41, 5.74) is 6.24. The maximum Gasteiger partial charge on any atom is 0.421 e. The minimum atomic E-state index is -4.09. The topological polar surface area (TPSA) is 103 Å². The highest BCUT2D eigenvalue weighted by atomic mass is 32.2. The van der Waals surface area contributed by atoms with Crippen LogP contribution in [0.2, 0.25) is 0 Å². The van der Waals surface area contributed by atoms with Crippen LogP contribution in [0.3, 0.4) is 0 Å². The number of fused-ring (bicyclic) bond motifs is 1. The molecule has 0 radical (unpaired) electrons. The summed E-state index contributed by atoms with van der Waals surface area (Å²) >= 11 is 1.19. The molecule has 0 aliphatic rings. The Morgan fingerprint density at radius 3 is 2.45 bits per heavy atom. The lowest BCUT2D eigenvalue weighted by Crippen LogP contribution is -2.30. The van der Waals surface area contributed by atoms with Crippen molar-refractivity contribution in [3.8, 4) is 11.1 Å². The summed E-state index contributed by atoms with van der Waals surface area (Å²) in [7, 11) is -4.09. The van der Waals surface area contributed by atoms with E-state index in [9.17, 15) is 13.2 Å². The van der Waals surface area contributed by atoms with Crippen LogP contribution in [0.5, 0.6) is 0 Å². The minimum Gasteiger partial charge on any atom is -0.449 e. The van der Waals surface area contributed by atoms with E-state index < -0.39 is 16.1 Å². The minimum absolute atomic E-state index is 0.0827. The zero-order valence-corrected chi connectivity index (χ0v) is 24.3. The van der Waals surface area contributed by atoms with E-state index in [4.69, 9.17) is 14.7 Å². The standard InChI is InChI=1S/C28H34N4O4S2/c1-7-24-30-25-18(5)14-19(6)29-26(25)32(24)16-20-9-11-21(12-10-20)23-15-22(13-17(3)4)37-27(23)38(34,35)31-28(33)36-8-2/h9-12,14-15,17H,7-8,13,16H2,1-6H3,(H,31,33). The van der Waals surface area contributed by atoms with Crippen LogP contribution in [0.25, 0.3) is 22.3 Å². The van der Waals surface area contributed by atoms with Gasteiger partial charge < -0.3 is 9.30 Å². The number of rotatable bonds is 9. The van der Waals surface area contributed by atoms with Crippen molar-refractivity contribution in [2.45, 2.75) is 65.1 Å². The molecule has 0 aliphatic heterocycles. The first kappa shape index (κ1) is 27.8. The predicted octanol–water partition coefficient (Wildman–Crippen LogP) is 6.02. The summed E-state index contributed by atoms with van der Waals surface area (Å²) < 4.78 is 35.3. The van der Waals surface area contributed by atoms with Gasteiger partial charge in [0.05, 0.1) is 13.2 Å². The highest BCUT2D eigenvalue weighted by Gasteiger charge is 2.26. The molecule has 0 spiro atoms. The first-order chi connectivity index (χ1) is 18.0. The van der Waals surface area contributed by atoms with Gasteiger partial charge in [0.15, 0.2) is 5.65 Å². The number of pyridine rings is 1. The van der Waals surface area contributed by atoms with Crippen LogP contribution in [-0.2, 0) is 34.1 Å². The third-order valence-electron chi connectivity index (χ3n) is 6.12. The third kappa shape index (κ3) is 5.91. The van der Waals surface area contributed by atoms with Gasteiger partial charge in [-0.2, -0.15) is 0 Å². The SMILES string of the molecule is CCOC(=O)NS(=O)(=O)c1sc(CC(C)C)cc1-c1ccc(Cn2c(CC)nc3c(C)cc(C)nc32)cc1. The van der Waals surface area contributed by atoms with E-state index in [2.05, 4.69) is 32.3 Å². The summed E-state index contributed by atoms with van der Waals surface area (Å²) in [5, 5.41) is 0. The molecule has 4 rings (SSSR count). The van der Waals surface area contributed by atoms with Gasteiger partial charge in [0.25, 0.3) is 10.0 Å². The van der Waals surface area contributed by atoms with Gasteiger partial charge in [0, 0.05) is 22.6 Å². The number of ether oxygens (including phenoxy) is 1. The highest BCUT2D eigenvalue weighted by molar-refractivity contribution is 7.92. The maximum absolute atomic E-state index is 13.1. The lowest BCUT2D eigenvalue weighted by atomic mass is 10.0. The second-order valence-corrected chi connectivity index (χ2v) is 12.8. The monoisotopic (exact) mass is 554 g/mol. The summed E-state index contributed by atoms with van der Waals surface area (Å²) in [6.07, 6.45) is 0.546. The molecule has 8 nitrogen and oxygen atoms in total. The molecule has 10 heteroatoms. The average Bonchev–Trinajstić information content (AvgIpc) is 3.41. The van der Waals surface area contributed by atoms with Gasteiger partial charge in [-0.05, 0) is 61.9 Å². The molecule has 1 N–H and O–H groups in total. The van der Waals surface area contributed by atoms with Gasteiger partial charge in [-0.3, -0.25) is 0 Å².